The van der Waals surface area contributed by atoms with Gasteiger partial charge >= 0.3 is 5.97 Å². The average Bonchev–Trinajstić information content (AvgIpc) is 2.58. The van der Waals surface area contributed by atoms with E-state index in [2.05, 4.69) is 0 Å². The molecule has 0 bridgehead atoms. The highest BCUT2D eigenvalue weighted by Crippen LogP contribution is 2.26. The topological polar surface area (TPSA) is 104 Å². The number of hydrogen-bond donors (Lipinski definition) is 2. The zero-order chi connectivity index (χ0) is 19.5. The van der Waals surface area contributed by atoms with Gasteiger partial charge < -0.3 is 10.4 Å². The smallest absolute Gasteiger partial charge is 0.328 e. The molecular formula is C17H23FN2O5S. The number of rotatable bonds is 6. The van der Waals surface area contributed by atoms with E-state index in [-0.39, 0.29) is 22.3 Å². The first-order chi connectivity index (χ1) is 12.1. The third-order valence-electron chi connectivity index (χ3n) is 4.35. The van der Waals surface area contributed by atoms with Crippen molar-refractivity contribution in [3.63, 3.8) is 0 Å². The standard InChI is InChI=1S/C17H23FN2O5S/c1-11-7-12(2)10-20(9-11)26(24,25)14-5-3-13(4-6-14)16(21)19-15(8-18)17(22)23/h3-6,11-12,15H,7-10H2,1-2H3,(H,19,21)(H,22,23). The lowest BCUT2D eigenvalue weighted by Gasteiger charge is -2.34. The first kappa shape index (κ1) is 20.3. The maximum absolute atomic E-state index is 12.8. The number of carboxylic acids is 1. The predicted octanol–water partition coefficient (Wildman–Crippen LogP) is 1.51. The maximum Gasteiger partial charge on any atom is 0.328 e. The summed E-state index contributed by atoms with van der Waals surface area (Å²) in [5.41, 5.74) is 0.0593. The molecule has 2 N–H and O–H groups in total. The van der Waals surface area contributed by atoms with Crippen molar-refractivity contribution in [3.05, 3.63) is 29.8 Å². The minimum atomic E-state index is -3.66. The van der Waals surface area contributed by atoms with E-state index in [1.165, 1.54) is 28.6 Å². The van der Waals surface area contributed by atoms with E-state index in [4.69, 9.17) is 5.11 Å². The molecule has 3 unspecified atom stereocenters. The van der Waals surface area contributed by atoms with Gasteiger partial charge in [0.15, 0.2) is 6.04 Å². The number of alkyl halides is 1. The van der Waals surface area contributed by atoms with E-state index in [0.717, 1.165) is 6.42 Å². The molecule has 0 aromatic heterocycles. The molecule has 1 aliphatic heterocycles. The van der Waals surface area contributed by atoms with Crippen molar-refractivity contribution in [1.82, 2.24) is 9.62 Å². The number of hydrogen-bond acceptors (Lipinski definition) is 4. The zero-order valence-electron chi connectivity index (χ0n) is 14.7. The summed E-state index contributed by atoms with van der Waals surface area (Å²) in [6, 6.07) is 3.55. The Bertz CT molecular complexity index is 756. The van der Waals surface area contributed by atoms with Crippen LogP contribution in [0.2, 0.25) is 0 Å². The highest BCUT2D eigenvalue weighted by molar-refractivity contribution is 7.89. The maximum atomic E-state index is 12.8. The van der Waals surface area contributed by atoms with Gasteiger partial charge in [0, 0.05) is 18.7 Å². The van der Waals surface area contributed by atoms with Gasteiger partial charge in [0.2, 0.25) is 10.0 Å². The summed E-state index contributed by atoms with van der Waals surface area (Å²) in [5.74, 6) is -1.72. The average molecular weight is 386 g/mol. The number of benzene rings is 1. The number of sulfonamides is 1. The Morgan fingerprint density at radius 1 is 1.23 bits per heavy atom. The first-order valence-corrected chi connectivity index (χ1v) is 9.79. The molecule has 144 valence electrons. The molecule has 2 rings (SSSR count). The number of halogens is 1. The molecule has 1 heterocycles. The van der Waals surface area contributed by atoms with Crippen LogP contribution in [0.1, 0.15) is 30.6 Å². The predicted molar refractivity (Wildman–Crippen MR) is 93.0 cm³/mol. The molecule has 1 aliphatic rings. The summed E-state index contributed by atoms with van der Waals surface area (Å²) in [5, 5.41) is 10.8. The van der Waals surface area contributed by atoms with Gasteiger partial charge in [-0.1, -0.05) is 13.8 Å². The Morgan fingerprint density at radius 2 is 1.77 bits per heavy atom. The van der Waals surface area contributed by atoms with Crippen molar-refractivity contribution < 1.29 is 27.5 Å². The highest BCUT2D eigenvalue weighted by Gasteiger charge is 2.31. The fourth-order valence-corrected chi connectivity index (χ4v) is 4.82. The Kier molecular flexibility index (Phi) is 6.35. The van der Waals surface area contributed by atoms with E-state index >= 15 is 0 Å². The van der Waals surface area contributed by atoms with Crippen LogP contribution in [0, 0.1) is 11.8 Å². The van der Waals surface area contributed by atoms with Gasteiger partial charge in [0.1, 0.15) is 6.67 Å². The number of nitrogens with zero attached hydrogens (tertiary/aromatic N) is 1. The van der Waals surface area contributed by atoms with E-state index in [9.17, 15) is 22.4 Å². The van der Waals surface area contributed by atoms with Crippen molar-refractivity contribution in [2.24, 2.45) is 11.8 Å². The number of nitrogens with one attached hydrogen (secondary N) is 1. The highest BCUT2D eigenvalue weighted by atomic mass is 32.2. The summed E-state index contributed by atoms with van der Waals surface area (Å²) in [6.07, 6.45) is 0.977. The van der Waals surface area contributed by atoms with E-state index < -0.39 is 34.6 Å². The number of carbonyl (C=O) groups is 2. The van der Waals surface area contributed by atoms with Crippen molar-refractivity contribution in [2.75, 3.05) is 19.8 Å². The fourth-order valence-electron chi connectivity index (χ4n) is 3.14. The van der Waals surface area contributed by atoms with E-state index in [1.54, 1.807) is 0 Å². The fraction of sp³-hybridized carbons (Fsp3) is 0.529. The third kappa shape index (κ3) is 4.59. The Morgan fingerprint density at radius 3 is 2.23 bits per heavy atom. The molecule has 1 saturated heterocycles. The number of carboxylic acid groups (broad SMARTS) is 1. The molecule has 0 spiro atoms. The lowest BCUT2D eigenvalue weighted by atomic mass is 9.94. The second-order valence-electron chi connectivity index (χ2n) is 6.81. The quantitative estimate of drug-likeness (QED) is 0.771. The molecular weight excluding hydrogens is 363 g/mol. The normalized spacial score (nSPS) is 22.6. The number of aliphatic carboxylic acids is 1. The van der Waals surface area contributed by atoms with Gasteiger partial charge in [0.25, 0.3) is 5.91 Å². The number of carbonyl (C=O) groups excluding carboxylic acids is 1. The molecule has 0 aliphatic carbocycles. The van der Waals surface area contributed by atoms with Crippen LogP contribution in [0.5, 0.6) is 0 Å². The summed E-state index contributed by atoms with van der Waals surface area (Å²) < 4.78 is 39.6. The molecule has 0 radical (unpaired) electrons. The lowest BCUT2D eigenvalue weighted by molar-refractivity contribution is -0.139. The second kappa shape index (κ2) is 8.13. The molecule has 1 aromatic rings. The number of amides is 1. The van der Waals surface area contributed by atoms with Crippen LogP contribution < -0.4 is 5.32 Å². The zero-order valence-corrected chi connectivity index (χ0v) is 15.5. The lowest BCUT2D eigenvalue weighted by Crippen LogP contribution is -2.42. The van der Waals surface area contributed by atoms with Crippen LogP contribution in [0.3, 0.4) is 0 Å². The number of piperidine rings is 1. The summed E-state index contributed by atoms with van der Waals surface area (Å²) in [7, 11) is -3.66. The molecule has 9 heteroatoms. The summed E-state index contributed by atoms with van der Waals surface area (Å²) in [4.78, 5) is 22.8. The molecule has 1 amide bonds. The Hall–Kier alpha value is -2.00. The van der Waals surface area contributed by atoms with Crippen LogP contribution >= 0.6 is 0 Å². The largest absolute Gasteiger partial charge is 0.480 e. The van der Waals surface area contributed by atoms with Crippen molar-refractivity contribution >= 4 is 21.9 Å². The van der Waals surface area contributed by atoms with Gasteiger partial charge in [0.05, 0.1) is 4.90 Å². The molecule has 1 aromatic carbocycles. The summed E-state index contributed by atoms with van der Waals surface area (Å²) in [6.45, 7) is 3.68. The van der Waals surface area contributed by atoms with Gasteiger partial charge in [-0.2, -0.15) is 4.31 Å². The summed E-state index contributed by atoms with van der Waals surface area (Å²) >= 11 is 0. The third-order valence-corrected chi connectivity index (χ3v) is 6.19. The molecule has 0 saturated carbocycles. The SMILES string of the molecule is CC1CC(C)CN(S(=O)(=O)c2ccc(C(=O)NC(CF)C(=O)O)cc2)C1. The van der Waals surface area contributed by atoms with Crippen molar-refractivity contribution in [2.45, 2.75) is 31.2 Å². The molecule has 7 nitrogen and oxygen atoms in total. The Balaban J connectivity index is 2.15. The van der Waals surface area contributed by atoms with Crippen LogP contribution in [-0.4, -0.2) is 55.5 Å². The minimum absolute atomic E-state index is 0.0593. The molecule has 26 heavy (non-hydrogen) atoms. The van der Waals surface area contributed by atoms with Gasteiger partial charge in [-0.25, -0.2) is 17.6 Å². The minimum Gasteiger partial charge on any atom is -0.480 e. The van der Waals surface area contributed by atoms with Crippen molar-refractivity contribution in [3.8, 4) is 0 Å². The first-order valence-electron chi connectivity index (χ1n) is 8.35. The van der Waals surface area contributed by atoms with Crippen molar-refractivity contribution in [1.29, 1.82) is 0 Å². The van der Waals surface area contributed by atoms with Crippen LogP contribution in [-0.2, 0) is 14.8 Å². The van der Waals surface area contributed by atoms with Crippen LogP contribution in [0.4, 0.5) is 4.39 Å². The van der Waals surface area contributed by atoms with Gasteiger partial charge in [-0.05, 0) is 42.5 Å². The van der Waals surface area contributed by atoms with Crippen LogP contribution in [0.15, 0.2) is 29.2 Å². The van der Waals surface area contributed by atoms with E-state index in [1.807, 2.05) is 19.2 Å². The Labute approximate surface area is 152 Å². The van der Waals surface area contributed by atoms with Gasteiger partial charge in [-0.3, -0.25) is 4.79 Å². The van der Waals surface area contributed by atoms with Crippen LogP contribution in [0.25, 0.3) is 0 Å². The monoisotopic (exact) mass is 386 g/mol. The molecule has 1 fully saturated rings. The van der Waals surface area contributed by atoms with E-state index in [0.29, 0.717) is 13.1 Å². The second-order valence-corrected chi connectivity index (χ2v) is 8.75. The van der Waals surface area contributed by atoms with Gasteiger partial charge in [-0.15, -0.1) is 0 Å². The molecule has 3 atom stereocenters.